The highest BCUT2D eigenvalue weighted by Gasteiger charge is 2.10. The summed E-state index contributed by atoms with van der Waals surface area (Å²) in [5.41, 5.74) is 1.86. The maximum Gasteiger partial charge on any atom is 0.175 e. The Kier molecular flexibility index (Phi) is 2.41. The van der Waals surface area contributed by atoms with Crippen molar-refractivity contribution < 1.29 is 4.79 Å². The van der Waals surface area contributed by atoms with Gasteiger partial charge >= 0.3 is 0 Å². The van der Waals surface area contributed by atoms with E-state index in [4.69, 9.17) is 7.85 Å². The molecule has 0 saturated heterocycles. The third-order valence-electron chi connectivity index (χ3n) is 1.97. The van der Waals surface area contributed by atoms with Crippen LogP contribution in [0.4, 0.5) is 0 Å². The van der Waals surface area contributed by atoms with Crippen molar-refractivity contribution in [3.05, 3.63) is 24.0 Å². The van der Waals surface area contributed by atoms with Crippen molar-refractivity contribution in [3.63, 3.8) is 0 Å². The lowest BCUT2D eigenvalue weighted by atomic mass is 9.97. The van der Waals surface area contributed by atoms with Crippen LogP contribution in [-0.4, -0.2) is 28.9 Å². The number of Topliss-reactive ketones (excluding diaryl/α,β-unsaturated/α-hetero) is 1. The number of hydrogen-bond donors (Lipinski definition) is 1. The number of hydrogen-bond acceptors (Lipinski definition) is 2. The van der Waals surface area contributed by atoms with Crippen molar-refractivity contribution in [2.45, 2.75) is 0 Å². The Morgan fingerprint density at radius 1 is 1.64 bits per heavy atom. The van der Waals surface area contributed by atoms with Gasteiger partial charge in [0.1, 0.15) is 13.5 Å². The Hall–Kier alpha value is -1.10. The van der Waals surface area contributed by atoms with E-state index in [1.54, 1.807) is 18.5 Å². The molecule has 0 aliphatic heterocycles. The number of halogens is 1. The average molecular weight is 249 g/mol. The van der Waals surface area contributed by atoms with Gasteiger partial charge in [-0.1, -0.05) is 27.5 Å². The van der Waals surface area contributed by atoms with Crippen LogP contribution in [0.5, 0.6) is 0 Å². The number of carbonyl (C=O) groups excluding carboxylic acids is 1. The van der Waals surface area contributed by atoms with Crippen molar-refractivity contribution in [3.8, 4) is 0 Å². The molecule has 2 rings (SSSR count). The second-order valence-electron chi connectivity index (χ2n) is 2.92. The predicted octanol–water partition coefficient (Wildman–Crippen LogP) is 0.934. The molecular formula is C9H6BBrN2O. The number of alkyl halides is 1. The number of nitrogens with zero attached hydrogens (tertiary/aromatic N) is 1. The number of fused-ring (bicyclic) bond motifs is 1. The lowest BCUT2D eigenvalue weighted by Gasteiger charge is -1.95. The molecule has 68 valence electrons. The molecule has 3 nitrogen and oxygen atoms in total. The molecule has 2 heterocycles. The van der Waals surface area contributed by atoms with E-state index >= 15 is 0 Å². The SMILES string of the molecule is [B]c1cnc2[nH]cc(C(=O)CBr)c2c1. The van der Waals surface area contributed by atoms with Crippen molar-refractivity contribution in [2.24, 2.45) is 0 Å². The summed E-state index contributed by atoms with van der Waals surface area (Å²) in [6.07, 6.45) is 3.21. The highest BCUT2D eigenvalue weighted by Crippen LogP contribution is 2.15. The summed E-state index contributed by atoms with van der Waals surface area (Å²) in [6, 6.07) is 1.74. The van der Waals surface area contributed by atoms with E-state index in [1.165, 1.54) is 0 Å². The first-order valence-corrected chi connectivity index (χ1v) is 5.16. The third kappa shape index (κ3) is 1.48. The summed E-state index contributed by atoms with van der Waals surface area (Å²) in [5.74, 6) is 0.0173. The summed E-state index contributed by atoms with van der Waals surface area (Å²) in [4.78, 5) is 18.5. The normalized spacial score (nSPS) is 10.6. The van der Waals surface area contributed by atoms with Crippen LogP contribution >= 0.6 is 15.9 Å². The van der Waals surface area contributed by atoms with Crippen molar-refractivity contribution in [1.29, 1.82) is 0 Å². The summed E-state index contributed by atoms with van der Waals surface area (Å²) >= 11 is 3.13. The molecule has 0 amide bonds. The van der Waals surface area contributed by atoms with E-state index in [0.717, 1.165) is 5.39 Å². The lowest BCUT2D eigenvalue weighted by Crippen LogP contribution is -2.04. The van der Waals surface area contributed by atoms with Crippen molar-refractivity contribution >= 4 is 46.1 Å². The smallest absolute Gasteiger partial charge is 0.175 e. The van der Waals surface area contributed by atoms with E-state index < -0.39 is 0 Å². The van der Waals surface area contributed by atoms with Gasteiger partial charge in [0, 0.05) is 23.3 Å². The largest absolute Gasteiger partial charge is 0.345 e. The molecule has 0 fully saturated rings. The van der Waals surface area contributed by atoms with Gasteiger partial charge < -0.3 is 4.98 Å². The first-order chi connectivity index (χ1) is 6.72. The van der Waals surface area contributed by atoms with Crippen LogP contribution in [0.2, 0.25) is 0 Å². The molecule has 0 saturated carbocycles. The molecule has 0 atom stereocenters. The van der Waals surface area contributed by atoms with Gasteiger partial charge in [-0.15, -0.1) is 0 Å². The second-order valence-corrected chi connectivity index (χ2v) is 3.48. The number of nitrogens with one attached hydrogen (secondary N) is 1. The first kappa shape index (κ1) is 9.46. The monoisotopic (exact) mass is 248 g/mol. The number of aromatic amines is 1. The highest BCUT2D eigenvalue weighted by molar-refractivity contribution is 9.09. The summed E-state index contributed by atoms with van der Waals surface area (Å²) in [5, 5.41) is 1.07. The number of pyridine rings is 1. The van der Waals surface area contributed by atoms with E-state index in [1.807, 2.05) is 0 Å². The zero-order chi connectivity index (χ0) is 10.1. The molecule has 0 aromatic carbocycles. The van der Waals surface area contributed by atoms with Crippen LogP contribution < -0.4 is 5.46 Å². The number of aromatic nitrogens is 2. The molecule has 0 unspecified atom stereocenters. The standard InChI is InChI=1S/C9H6BBrN2O/c10-5-1-6-7(8(14)2-11)4-13-9(6)12-3-5/h1,3-4H,2H2,(H,12,13). The Balaban J connectivity index is 2.67. The summed E-state index contributed by atoms with van der Waals surface area (Å²) in [6.45, 7) is 0. The number of ketones is 1. The zero-order valence-corrected chi connectivity index (χ0v) is 8.84. The molecule has 0 bridgehead atoms. The number of H-pyrrole nitrogens is 1. The Labute approximate surface area is 90.5 Å². The molecule has 2 radical (unpaired) electrons. The van der Waals surface area contributed by atoms with Gasteiger partial charge in [0.15, 0.2) is 5.78 Å². The van der Waals surface area contributed by atoms with Crippen LogP contribution in [0.1, 0.15) is 10.4 Å². The molecule has 14 heavy (non-hydrogen) atoms. The van der Waals surface area contributed by atoms with Crippen LogP contribution in [0.25, 0.3) is 11.0 Å². The van der Waals surface area contributed by atoms with E-state index in [-0.39, 0.29) is 5.78 Å². The molecule has 0 aliphatic rings. The average Bonchev–Trinajstić information content (AvgIpc) is 2.59. The molecule has 2 aromatic rings. The molecule has 0 spiro atoms. The van der Waals surface area contributed by atoms with Crippen LogP contribution in [-0.2, 0) is 0 Å². The van der Waals surface area contributed by atoms with Crippen molar-refractivity contribution in [1.82, 2.24) is 9.97 Å². The quantitative estimate of drug-likeness (QED) is 0.489. The minimum atomic E-state index is 0.0173. The molecule has 2 aromatic heterocycles. The van der Waals surface area contributed by atoms with Gasteiger partial charge in [-0.05, 0) is 0 Å². The zero-order valence-electron chi connectivity index (χ0n) is 7.25. The van der Waals surface area contributed by atoms with E-state index in [9.17, 15) is 4.79 Å². The van der Waals surface area contributed by atoms with Gasteiger partial charge in [-0.2, -0.15) is 0 Å². The van der Waals surface area contributed by atoms with Crippen molar-refractivity contribution in [2.75, 3.05) is 5.33 Å². The fourth-order valence-corrected chi connectivity index (χ4v) is 1.62. The third-order valence-corrected chi connectivity index (χ3v) is 2.48. The molecular weight excluding hydrogens is 243 g/mol. The fourth-order valence-electron chi connectivity index (χ4n) is 1.32. The Morgan fingerprint density at radius 3 is 3.14 bits per heavy atom. The van der Waals surface area contributed by atoms with Gasteiger partial charge in [-0.25, -0.2) is 4.98 Å². The van der Waals surface area contributed by atoms with E-state index in [0.29, 0.717) is 22.0 Å². The topological polar surface area (TPSA) is 45.8 Å². The summed E-state index contributed by atoms with van der Waals surface area (Å²) < 4.78 is 0. The van der Waals surface area contributed by atoms with Gasteiger partial charge in [0.25, 0.3) is 0 Å². The molecule has 1 N–H and O–H groups in total. The van der Waals surface area contributed by atoms with Gasteiger partial charge in [0.2, 0.25) is 0 Å². The van der Waals surface area contributed by atoms with Crippen LogP contribution in [0.15, 0.2) is 18.5 Å². The molecule has 5 heteroatoms. The Morgan fingerprint density at radius 2 is 2.43 bits per heavy atom. The Bertz CT molecular complexity index is 495. The minimum Gasteiger partial charge on any atom is -0.345 e. The van der Waals surface area contributed by atoms with Gasteiger partial charge in [-0.3, -0.25) is 4.79 Å². The maximum atomic E-state index is 11.5. The lowest BCUT2D eigenvalue weighted by molar-refractivity contribution is 0.102. The maximum absolute atomic E-state index is 11.5. The number of carbonyl (C=O) groups is 1. The van der Waals surface area contributed by atoms with Gasteiger partial charge in [0.05, 0.1) is 5.33 Å². The van der Waals surface area contributed by atoms with Crippen LogP contribution in [0, 0.1) is 0 Å². The number of rotatable bonds is 2. The summed E-state index contributed by atoms with van der Waals surface area (Å²) in [7, 11) is 5.59. The highest BCUT2D eigenvalue weighted by atomic mass is 79.9. The van der Waals surface area contributed by atoms with Crippen LogP contribution in [0.3, 0.4) is 0 Å². The fraction of sp³-hybridized carbons (Fsp3) is 0.111. The first-order valence-electron chi connectivity index (χ1n) is 4.04. The second kappa shape index (κ2) is 3.57. The van der Waals surface area contributed by atoms with E-state index in [2.05, 4.69) is 25.9 Å². The predicted molar refractivity (Wildman–Crippen MR) is 59.6 cm³/mol. The molecule has 0 aliphatic carbocycles. The minimum absolute atomic E-state index is 0.0173.